The quantitative estimate of drug-likeness (QED) is 0.159. The average molecular weight is 822 g/mol. The number of aryl methyl sites for hydroxylation is 2. The van der Waals surface area contributed by atoms with E-state index in [1.54, 1.807) is 37.7 Å². The van der Waals surface area contributed by atoms with Crippen LogP contribution in [0.2, 0.25) is 10.3 Å². The van der Waals surface area contributed by atoms with Crippen LogP contribution in [0.3, 0.4) is 0 Å². The van der Waals surface area contributed by atoms with E-state index in [1.165, 1.54) is 4.57 Å². The zero-order valence-electron chi connectivity index (χ0n) is 29.9. The number of H-pyrrole nitrogens is 2. The molecule has 20 heteroatoms. The van der Waals surface area contributed by atoms with E-state index in [1.807, 2.05) is 39.6 Å². The van der Waals surface area contributed by atoms with E-state index in [-0.39, 0.29) is 33.4 Å². The molecule has 2 N–H and O–H groups in total. The number of nitrogens with one attached hydrogen (secondary N) is 2. The Balaban J connectivity index is 0.000000208. The van der Waals surface area contributed by atoms with Gasteiger partial charge in [-0.05, 0) is 55.2 Å². The first kappa shape index (κ1) is 40.4. The first-order valence-electron chi connectivity index (χ1n) is 16.0. The van der Waals surface area contributed by atoms with Gasteiger partial charge >= 0.3 is 11.4 Å². The Morgan fingerprint density at radius 2 is 1.15 bits per heavy atom. The van der Waals surface area contributed by atoms with Crippen LogP contribution in [0, 0.1) is 25.5 Å². The number of fused-ring (bicyclic) bond motifs is 2. The molecule has 0 unspecified atom stereocenters. The van der Waals surface area contributed by atoms with Crippen molar-refractivity contribution in [2.24, 2.45) is 0 Å². The number of aromatic amines is 2. The number of hydrogen-bond acceptors (Lipinski definition) is 11. The third-order valence-electron chi connectivity index (χ3n) is 8.22. The molecule has 0 aliphatic carbocycles. The van der Waals surface area contributed by atoms with E-state index in [0.29, 0.717) is 28.3 Å². The normalized spacial score (nSPS) is 11.8. The van der Waals surface area contributed by atoms with Crippen molar-refractivity contribution in [1.29, 1.82) is 0 Å². The Hall–Kier alpha value is -4.78. The molecular formula is C34H32Cl2F2N8O6S2. The predicted octanol–water partition coefficient (Wildman–Crippen LogP) is 5.51. The van der Waals surface area contributed by atoms with Gasteiger partial charge in [0.2, 0.25) is 0 Å². The predicted molar refractivity (Wildman–Crippen MR) is 204 cm³/mol. The molecule has 6 rings (SSSR count). The van der Waals surface area contributed by atoms with E-state index in [9.17, 15) is 36.4 Å². The third-order valence-corrected chi connectivity index (χ3v) is 10.6. The smallest absolute Gasteiger partial charge is 0.273 e. The summed E-state index contributed by atoms with van der Waals surface area (Å²) in [4.78, 5) is 70.1. The highest BCUT2D eigenvalue weighted by Gasteiger charge is 2.28. The van der Waals surface area contributed by atoms with Crippen molar-refractivity contribution in [2.45, 2.75) is 63.2 Å². The van der Waals surface area contributed by atoms with Gasteiger partial charge in [-0.1, -0.05) is 50.9 Å². The van der Waals surface area contributed by atoms with Gasteiger partial charge in [-0.25, -0.2) is 45.9 Å². The number of rotatable bonds is 6. The first-order chi connectivity index (χ1) is 25.2. The van der Waals surface area contributed by atoms with Crippen molar-refractivity contribution >= 4 is 66.9 Å². The van der Waals surface area contributed by atoms with Crippen molar-refractivity contribution < 1.29 is 17.2 Å². The molecule has 6 aromatic rings. The van der Waals surface area contributed by atoms with Gasteiger partial charge in [0.1, 0.15) is 10.3 Å². The number of hydrogen-bond donors (Lipinski definition) is 2. The second-order valence-electron chi connectivity index (χ2n) is 12.7. The van der Waals surface area contributed by atoms with Crippen LogP contribution in [-0.2, 0) is 9.84 Å². The molecule has 0 saturated carbocycles. The Morgan fingerprint density at radius 1 is 0.741 bits per heavy atom. The maximum Gasteiger partial charge on any atom is 0.334 e. The van der Waals surface area contributed by atoms with Gasteiger partial charge in [-0.3, -0.25) is 29.5 Å². The summed E-state index contributed by atoms with van der Waals surface area (Å²) < 4.78 is 55.5. The minimum atomic E-state index is -4.20. The molecule has 0 fully saturated rings. The highest BCUT2D eigenvalue weighted by atomic mass is 35.5. The van der Waals surface area contributed by atoms with Crippen LogP contribution >= 0.6 is 35.0 Å². The minimum absolute atomic E-state index is 0.00694. The molecule has 0 radical (unpaired) electrons. The van der Waals surface area contributed by atoms with Crippen LogP contribution in [0.15, 0.2) is 53.5 Å². The van der Waals surface area contributed by atoms with Gasteiger partial charge in [-0.2, -0.15) is 0 Å². The van der Waals surface area contributed by atoms with E-state index in [4.69, 9.17) is 23.2 Å². The molecule has 284 valence electrons. The summed E-state index contributed by atoms with van der Waals surface area (Å²) in [5, 5.41) is -1.76. The standard InChI is InChI=1S/C17H16ClFN4O4S.C17H16ClFN4O2S/c1-7(2)11-12(8(3)5-6-20-11)23-15-9(16(24)22-17(23)25)13(28(4,26)27)10(19)14(18)21-15;1-7(2)11-12(8(3)5-6-20-11)23-15-9(16(24)22-17(23)25)13(26-4)10(19)14(18)21-15/h5-7H,1-4H3,(H,22,24,25);5-7H,1-4H3,(H,22,24,25). The minimum Gasteiger partial charge on any atom is -0.273 e. The molecule has 0 amide bonds. The summed E-state index contributed by atoms with van der Waals surface area (Å²) in [6.07, 6.45) is 5.58. The van der Waals surface area contributed by atoms with Gasteiger partial charge < -0.3 is 0 Å². The summed E-state index contributed by atoms with van der Waals surface area (Å²) in [6, 6.07) is 3.40. The first-order valence-corrected chi connectivity index (χ1v) is 19.8. The van der Waals surface area contributed by atoms with Crippen molar-refractivity contribution in [3.8, 4) is 11.4 Å². The zero-order chi connectivity index (χ0) is 40.1. The lowest BCUT2D eigenvalue weighted by molar-refractivity contribution is 0.570. The Labute approximate surface area is 319 Å². The molecule has 0 aliphatic heterocycles. The van der Waals surface area contributed by atoms with Crippen LogP contribution in [0.25, 0.3) is 33.4 Å². The number of nitrogens with zero attached hydrogens (tertiary/aromatic N) is 6. The summed E-state index contributed by atoms with van der Waals surface area (Å²) >= 11 is 12.8. The lowest BCUT2D eigenvalue weighted by atomic mass is 10.0. The lowest BCUT2D eigenvalue weighted by Gasteiger charge is -2.18. The fraction of sp³-hybridized carbons (Fsp3) is 0.294. The summed E-state index contributed by atoms with van der Waals surface area (Å²) in [7, 11) is -4.20. The second-order valence-corrected chi connectivity index (χ2v) is 16.2. The van der Waals surface area contributed by atoms with Crippen molar-refractivity contribution in [3.63, 3.8) is 0 Å². The van der Waals surface area contributed by atoms with Gasteiger partial charge in [0.05, 0.1) is 33.0 Å². The maximum absolute atomic E-state index is 14.5. The topological polar surface area (TPSA) is 195 Å². The number of aromatic nitrogens is 8. The van der Waals surface area contributed by atoms with Crippen molar-refractivity contribution in [2.75, 3.05) is 12.5 Å². The highest BCUT2D eigenvalue weighted by molar-refractivity contribution is 7.98. The van der Waals surface area contributed by atoms with Crippen LogP contribution in [0.5, 0.6) is 0 Å². The molecule has 0 atom stereocenters. The van der Waals surface area contributed by atoms with Crippen LogP contribution < -0.4 is 22.5 Å². The van der Waals surface area contributed by atoms with Gasteiger partial charge in [-0.15, -0.1) is 11.8 Å². The molecular weight excluding hydrogens is 789 g/mol. The summed E-state index contributed by atoms with van der Waals surface area (Å²) in [6.45, 7) is 11.1. The second kappa shape index (κ2) is 15.2. The Morgan fingerprint density at radius 3 is 1.56 bits per heavy atom. The average Bonchev–Trinajstić information content (AvgIpc) is 3.07. The van der Waals surface area contributed by atoms with Crippen molar-refractivity contribution in [3.05, 3.63) is 111 Å². The molecule has 0 aliphatic rings. The molecule has 54 heavy (non-hydrogen) atoms. The molecule has 0 spiro atoms. The van der Waals surface area contributed by atoms with Gasteiger partial charge in [0, 0.05) is 18.6 Å². The highest BCUT2D eigenvalue weighted by Crippen LogP contribution is 2.33. The van der Waals surface area contributed by atoms with E-state index in [2.05, 4.69) is 24.9 Å². The molecule has 6 aromatic heterocycles. The number of halogens is 4. The van der Waals surface area contributed by atoms with Crippen LogP contribution in [0.1, 0.15) is 62.0 Å². The SMILES string of the molecule is CSc1c(F)c(Cl)nc2c1c(=O)[nH]c(=O)n2-c1c(C)ccnc1C(C)C.Cc1ccnc(C(C)C)c1-n1c(=O)[nH]c(=O)c2c(S(C)(=O)=O)c(F)c(Cl)nc21. The number of sulfone groups is 1. The van der Waals surface area contributed by atoms with E-state index >= 15 is 0 Å². The van der Waals surface area contributed by atoms with Gasteiger partial charge in [0.15, 0.2) is 43.1 Å². The molecule has 6 heterocycles. The maximum atomic E-state index is 14.5. The van der Waals surface area contributed by atoms with E-state index in [0.717, 1.165) is 28.1 Å². The number of thioether (sulfide) groups is 1. The third kappa shape index (κ3) is 7.10. The monoisotopic (exact) mass is 820 g/mol. The molecule has 0 saturated heterocycles. The largest absolute Gasteiger partial charge is 0.334 e. The summed E-state index contributed by atoms with van der Waals surface area (Å²) in [5.41, 5.74) is -0.293. The van der Waals surface area contributed by atoms with Crippen molar-refractivity contribution in [1.82, 2.24) is 39.0 Å². The fourth-order valence-electron chi connectivity index (χ4n) is 5.89. The van der Waals surface area contributed by atoms with Gasteiger partial charge in [0.25, 0.3) is 11.1 Å². The molecule has 0 bridgehead atoms. The summed E-state index contributed by atoms with van der Waals surface area (Å²) in [5.74, 6) is -2.24. The van der Waals surface area contributed by atoms with Crippen LogP contribution in [0.4, 0.5) is 8.78 Å². The molecule has 14 nitrogen and oxygen atoms in total. The molecule has 0 aromatic carbocycles. The Kier molecular flexibility index (Phi) is 11.3. The van der Waals surface area contributed by atoms with E-state index < -0.39 is 64.6 Å². The number of pyridine rings is 4. The lowest BCUT2D eigenvalue weighted by Crippen LogP contribution is -2.32. The zero-order valence-corrected chi connectivity index (χ0v) is 33.1. The van der Waals surface area contributed by atoms with Crippen LogP contribution in [-0.4, -0.2) is 60.0 Å². The Bertz CT molecular complexity index is 2870. The fourth-order valence-corrected chi connectivity index (χ4v) is 7.99.